The molecule has 0 bridgehead atoms. The summed E-state index contributed by atoms with van der Waals surface area (Å²) in [4.78, 5) is 34.3. The number of esters is 1. The minimum atomic E-state index is -1.37. The Bertz CT molecular complexity index is 391. The van der Waals surface area contributed by atoms with Crippen molar-refractivity contribution in [3.05, 3.63) is 0 Å². The Kier molecular flexibility index (Phi) is 6.61. The van der Waals surface area contributed by atoms with Gasteiger partial charge in [0.15, 0.2) is 6.04 Å². The second kappa shape index (κ2) is 7.97. The van der Waals surface area contributed by atoms with E-state index in [9.17, 15) is 14.4 Å². The molecule has 1 saturated carbocycles. The molecule has 0 spiro atoms. The molecule has 1 aliphatic carbocycles. The zero-order valence-electron chi connectivity index (χ0n) is 12.4. The van der Waals surface area contributed by atoms with E-state index >= 15 is 0 Å². The fraction of sp³-hybridized carbons (Fsp3) is 0.786. The molecule has 1 atom stereocenters. The predicted molar refractivity (Wildman–Crippen MR) is 75.4 cm³/mol. The first kappa shape index (κ1) is 17.4. The summed E-state index contributed by atoms with van der Waals surface area (Å²) >= 11 is 0. The van der Waals surface area contributed by atoms with E-state index in [1.54, 1.807) is 6.92 Å². The van der Waals surface area contributed by atoms with Gasteiger partial charge in [-0.3, -0.25) is 9.59 Å². The Morgan fingerprint density at radius 1 is 1.29 bits per heavy atom. The van der Waals surface area contributed by atoms with Crippen LogP contribution in [0, 0.1) is 5.41 Å². The average Bonchev–Trinajstić information content (AvgIpc) is 2.44. The summed E-state index contributed by atoms with van der Waals surface area (Å²) < 4.78 is 4.69. The minimum absolute atomic E-state index is 0.0158. The topological polar surface area (TPSA) is 119 Å². The van der Waals surface area contributed by atoms with E-state index in [0.717, 1.165) is 32.1 Å². The summed E-state index contributed by atoms with van der Waals surface area (Å²) in [5.74, 6) is -2.27. The van der Waals surface area contributed by atoms with Gasteiger partial charge in [0, 0.05) is 6.54 Å². The predicted octanol–water partition coefficient (Wildman–Crippen LogP) is 0.418. The molecular weight excluding hydrogens is 276 g/mol. The third-order valence-electron chi connectivity index (χ3n) is 3.90. The third-order valence-corrected chi connectivity index (χ3v) is 3.90. The van der Waals surface area contributed by atoms with E-state index in [1.165, 1.54) is 0 Å². The van der Waals surface area contributed by atoms with E-state index in [0.29, 0.717) is 0 Å². The van der Waals surface area contributed by atoms with Crippen LogP contribution in [0.2, 0.25) is 0 Å². The van der Waals surface area contributed by atoms with Crippen LogP contribution in [0.4, 0.5) is 0 Å². The number of rotatable bonds is 7. The molecule has 0 aromatic carbocycles. The van der Waals surface area contributed by atoms with Crippen LogP contribution in [-0.4, -0.2) is 42.1 Å². The SMILES string of the molecule is CCOC(=O)C(N)C(=O)NCC1(CC(=O)O)CCCCC1. The number of carbonyl (C=O) groups excluding carboxylic acids is 2. The van der Waals surface area contributed by atoms with Crippen molar-refractivity contribution in [2.24, 2.45) is 11.1 Å². The quantitative estimate of drug-likeness (QED) is 0.463. The van der Waals surface area contributed by atoms with Crippen molar-refractivity contribution in [1.29, 1.82) is 0 Å². The second-order valence-corrected chi connectivity index (χ2v) is 5.58. The van der Waals surface area contributed by atoms with Crippen molar-refractivity contribution >= 4 is 17.8 Å². The Morgan fingerprint density at radius 3 is 2.43 bits per heavy atom. The molecule has 1 rings (SSSR count). The molecule has 21 heavy (non-hydrogen) atoms. The zero-order valence-corrected chi connectivity index (χ0v) is 12.4. The summed E-state index contributed by atoms with van der Waals surface area (Å²) in [5.41, 5.74) is 5.07. The van der Waals surface area contributed by atoms with Crippen molar-refractivity contribution < 1.29 is 24.2 Å². The number of nitrogens with two attached hydrogens (primary N) is 1. The molecule has 1 fully saturated rings. The van der Waals surface area contributed by atoms with Crippen molar-refractivity contribution in [3.63, 3.8) is 0 Å². The van der Waals surface area contributed by atoms with Gasteiger partial charge in [0.05, 0.1) is 13.0 Å². The number of carboxylic acids is 1. The van der Waals surface area contributed by atoms with Crippen molar-refractivity contribution in [1.82, 2.24) is 5.32 Å². The Balaban J connectivity index is 2.58. The lowest BCUT2D eigenvalue weighted by atomic mass is 9.71. The smallest absolute Gasteiger partial charge is 0.332 e. The first-order chi connectivity index (χ1) is 9.90. The monoisotopic (exact) mass is 300 g/mol. The summed E-state index contributed by atoms with van der Waals surface area (Å²) in [6, 6.07) is -1.37. The molecule has 4 N–H and O–H groups in total. The summed E-state index contributed by atoms with van der Waals surface area (Å²) in [7, 11) is 0. The van der Waals surface area contributed by atoms with E-state index in [-0.39, 0.29) is 19.6 Å². The van der Waals surface area contributed by atoms with E-state index in [2.05, 4.69) is 10.1 Å². The molecule has 1 aliphatic rings. The second-order valence-electron chi connectivity index (χ2n) is 5.58. The van der Waals surface area contributed by atoms with Crippen LogP contribution in [-0.2, 0) is 19.1 Å². The van der Waals surface area contributed by atoms with Crippen molar-refractivity contribution in [2.45, 2.75) is 51.5 Å². The number of carboxylic acid groups (broad SMARTS) is 1. The van der Waals surface area contributed by atoms with Crippen LogP contribution in [0.1, 0.15) is 45.4 Å². The van der Waals surface area contributed by atoms with Gasteiger partial charge >= 0.3 is 11.9 Å². The van der Waals surface area contributed by atoms with Gasteiger partial charge in [-0.15, -0.1) is 0 Å². The lowest BCUT2D eigenvalue weighted by Crippen LogP contribution is -2.50. The van der Waals surface area contributed by atoms with E-state index < -0.39 is 29.3 Å². The number of aliphatic carboxylic acids is 1. The maximum absolute atomic E-state index is 11.8. The van der Waals surface area contributed by atoms with Crippen LogP contribution in [0.25, 0.3) is 0 Å². The Hall–Kier alpha value is -1.63. The summed E-state index contributed by atoms with van der Waals surface area (Å²) in [6.45, 7) is 2.01. The molecule has 7 heteroatoms. The fourth-order valence-corrected chi connectivity index (χ4v) is 2.76. The number of hydrogen-bond donors (Lipinski definition) is 3. The number of nitrogens with one attached hydrogen (secondary N) is 1. The molecule has 0 aromatic rings. The largest absolute Gasteiger partial charge is 0.481 e. The average molecular weight is 300 g/mol. The highest BCUT2D eigenvalue weighted by Gasteiger charge is 2.35. The van der Waals surface area contributed by atoms with Gasteiger partial charge < -0.3 is 20.9 Å². The van der Waals surface area contributed by atoms with Gasteiger partial charge in [0.2, 0.25) is 5.91 Å². The van der Waals surface area contributed by atoms with Crippen molar-refractivity contribution in [2.75, 3.05) is 13.2 Å². The van der Waals surface area contributed by atoms with Crippen LogP contribution in [0.15, 0.2) is 0 Å². The molecule has 1 unspecified atom stereocenters. The van der Waals surface area contributed by atoms with Crippen LogP contribution in [0.5, 0.6) is 0 Å². The Labute approximate surface area is 124 Å². The van der Waals surface area contributed by atoms with Gasteiger partial charge in [-0.1, -0.05) is 19.3 Å². The van der Waals surface area contributed by atoms with E-state index in [4.69, 9.17) is 10.8 Å². The summed E-state index contributed by atoms with van der Waals surface area (Å²) in [5, 5.41) is 11.7. The maximum Gasteiger partial charge on any atom is 0.332 e. The number of carbonyl (C=O) groups is 3. The van der Waals surface area contributed by atoms with Gasteiger partial charge in [-0.25, -0.2) is 4.79 Å². The molecule has 0 radical (unpaired) electrons. The molecule has 120 valence electrons. The normalized spacial score (nSPS) is 18.6. The molecular formula is C14H24N2O5. The van der Waals surface area contributed by atoms with Gasteiger partial charge in [-0.05, 0) is 25.2 Å². The van der Waals surface area contributed by atoms with Crippen LogP contribution in [0.3, 0.4) is 0 Å². The van der Waals surface area contributed by atoms with Crippen molar-refractivity contribution in [3.8, 4) is 0 Å². The highest BCUT2D eigenvalue weighted by molar-refractivity contribution is 6.01. The lowest BCUT2D eigenvalue weighted by molar-refractivity contribution is -0.148. The highest BCUT2D eigenvalue weighted by Crippen LogP contribution is 2.38. The number of amides is 1. The first-order valence-electron chi connectivity index (χ1n) is 7.32. The van der Waals surface area contributed by atoms with Gasteiger partial charge in [-0.2, -0.15) is 0 Å². The standard InChI is InChI=1S/C14H24N2O5/c1-2-21-13(20)11(15)12(19)16-9-14(8-10(17)18)6-4-3-5-7-14/h11H,2-9,15H2,1H3,(H,16,19)(H,17,18). The molecule has 0 aromatic heterocycles. The van der Waals surface area contributed by atoms with E-state index in [1.807, 2.05) is 0 Å². The molecule has 0 aliphatic heterocycles. The number of ether oxygens (including phenoxy) is 1. The van der Waals surface area contributed by atoms with Crippen LogP contribution >= 0.6 is 0 Å². The maximum atomic E-state index is 11.8. The minimum Gasteiger partial charge on any atom is -0.481 e. The molecule has 0 saturated heterocycles. The van der Waals surface area contributed by atoms with Gasteiger partial charge in [0.1, 0.15) is 0 Å². The summed E-state index contributed by atoms with van der Waals surface area (Å²) in [6.07, 6.45) is 4.52. The third kappa shape index (κ3) is 5.34. The fourth-order valence-electron chi connectivity index (χ4n) is 2.76. The lowest BCUT2D eigenvalue weighted by Gasteiger charge is -2.36. The first-order valence-corrected chi connectivity index (χ1v) is 7.32. The molecule has 0 heterocycles. The number of hydrogen-bond acceptors (Lipinski definition) is 5. The van der Waals surface area contributed by atoms with Gasteiger partial charge in [0.25, 0.3) is 0 Å². The Morgan fingerprint density at radius 2 is 1.90 bits per heavy atom. The molecule has 1 amide bonds. The zero-order chi connectivity index (χ0) is 15.9. The van der Waals surface area contributed by atoms with Crippen LogP contribution < -0.4 is 11.1 Å². The highest BCUT2D eigenvalue weighted by atomic mass is 16.5. The molecule has 7 nitrogen and oxygen atoms in total.